The Morgan fingerprint density at radius 2 is 2.00 bits per heavy atom. The zero-order valence-corrected chi connectivity index (χ0v) is 17.2. The highest BCUT2D eigenvalue weighted by atomic mass is 32.2. The zero-order chi connectivity index (χ0) is 19.3. The summed E-state index contributed by atoms with van der Waals surface area (Å²) in [5.41, 5.74) is 1.09. The third kappa shape index (κ3) is 6.48. The molecule has 0 aliphatic carbocycles. The molecule has 0 saturated heterocycles. The molecule has 0 aliphatic heterocycles. The maximum absolute atomic E-state index is 12.1. The van der Waals surface area contributed by atoms with E-state index >= 15 is 0 Å². The van der Waals surface area contributed by atoms with Crippen LogP contribution in [0.2, 0.25) is 0 Å². The molecule has 3 rings (SSSR count). The average Bonchev–Trinajstić information content (AvgIpc) is 3.21. The molecule has 8 heteroatoms. The van der Waals surface area contributed by atoms with Crippen LogP contribution in [0.3, 0.4) is 0 Å². The number of carbonyl (C=O) groups is 1. The van der Waals surface area contributed by atoms with Gasteiger partial charge in [0.2, 0.25) is 11.8 Å². The molecule has 0 radical (unpaired) electrons. The second-order valence-corrected chi connectivity index (χ2v) is 9.62. The van der Waals surface area contributed by atoms with Crippen LogP contribution in [0.5, 0.6) is 0 Å². The first kappa shape index (κ1) is 19.6. The van der Waals surface area contributed by atoms with Crippen LogP contribution in [0.15, 0.2) is 45.5 Å². The van der Waals surface area contributed by atoms with Gasteiger partial charge in [-0.05, 0) is 23.1 Å². The largest absolute Gasteiger partial charge is 0.445 e. The van der Waals surface area contributed by atoms with Gasteiger partial charge in [-0.2, -0.15) is 0 Å². The molecule has 3 aromatic heterocycles. The predicted molar refractivity (Wildman–Crippen MR) is 108 cm³/mol. The van der Waals surface area contributed by atoms with E-state index in [0.717, 1.165) is 22.0 Å². The zero-order valence-electron chi connectivity index (χ0n) is 15.6. The summed E-state index contributed by atoms with van der Waals surface area (Å²) in [5.74, 6) is 2.16. The molecule has 0 spiro atoms. The Morgan fingerprint density at radius 1 is 1.22 bits per heavy atom. The van der Waals surface area contributed by atoms with E-state index < -0.39 is 0 Å². The van der Waals surface area contributed by atoms with Crippen molar-refractivity contribution < 1.29 is 9.21 Å². The highest BCUT2D eigenvalue weighted by molar-refractivity contribution is 8.00. The van der Waals surface area contributed by atoms with Gasteiger partial charge in [0.15, 0.2) is 5.13 Å². The third-order valence-corrected chi connectivity index (χ3v) is 5.58. The molecule has 0 atom stereocenters. The van der Waals surface area contributed by atoms with Crippen LogP contribution in [0, 0.1) is 5.41 Å². The average molecular weight is 403 g/mol. The molecule has 0 saturated carbocycles. The van der Waals surface area contributed by atoms with Gasteiger partial charge in [0, 0.05) is 18.8 Å². The summed E-state index contributed by atoms with van der Waals surface area (Å²) in [4.78, 5) is 24.6. The Kier molecular flexibility index (Phi) is 6.28. The number of nitrogens with zero attached hydrogens (tertiary/aromatic N) is 3. The summed E-state index contributed by atoms with van der Waals surface area (Å²) in [5, 5.41) is 3.43. The van der Waals surface area contributed by atoms with Crippen molar-refractivity contribution in [1.82, 2.24) is 15.0 Å². The van der Waals surface area contributed by atoms with Gasteiger partial charge in [-0.25, -0.2) is 9.97 Å². The van der Waals surface area contributed by atoms with E-state index in [2.05, 4.69) is 41.0 Å². The van der Waals surface area contributed by atoms with E-state index in [-0.39, 0.29) is 11.3 Å². The molecule has 0 unspecified atom stereocenters. The SMILES string of the molecule is CC(C)(C)Cc1cnc(CSc2cnc(NC(=O)Cc3ccncc3)s2)o1. The summed E-state index contributed by atoms with van der Waals surface area (Å²) >= 11 is 3.04. The maximum Gasteiger partial charge on any atom is 0.230 e. The van der Waals surface area contributed by atoms with Crippen molar-refractivity contribution in [3.8, 4) is 0 Å². The Bertz CT molecular complexity index is 885. The minimum absolute atomic E-state index is 0.0911. The number of hydrogen-bond donors (Lipinski definition) is 1. The first-order valence-electron chi connectivity index (χ1n) is 8.58. The van der Waals surface area contributed by atoms with Gasteiger partial charge in [0.05, 0.1) is 28.8 Å². The molecule has 1 N–H and O–H groups in total. The second kappa shape index (κ2) is 8.67. The molecular weight excluding hydrogens is 380 g/mol. The predicted octanol–water partition coefficient (Wildman–Crippen LogP) is 4.59. The normalized spacial score (nSPS) is 11.5. The van der Waals surface area contributed by atoms with Gasteiger partial charge >= 0.3 is 0 Å². The molecule has 0 fully saturated rings. The van der Waals surface area contributed by atoms with Crippen molar-refractivity contribution in [2.75, 3.05) is 5.32 Å². The lowest BCUT2D eigenvalue weighted by Gasteiger charge is -2.15. The number of hydrogen-bond acceptors (Lipinski definition) is 7. The number of oxazole rings is 1. The fourth-order valence-corrected chi connectivity index (χ4v) is 4.13. The highest BCUT2D eigenvalue weighted by Gasteiger charge is 2.15. The van der Waals surface area contributed by atoms with Crippen molar-refractivity contribution in [2.45, 2.75) is 43.6 Å². The van der Waals surface area contributed by atoms with Crippen molar-refractivity contribution in [1.29, 1.82) is 0 Å². The number of amides is 1. The number of aromatic nitrogens is 3. The van der Waals surface area contributed by atoms with Crippen molar-refractivity contribution in [3.63, 3.8) is 0 Å². The van der Waals surface area contributed by atoms with Crippen LogP contribution in [0.4, 0.5) is 5.13 Å². The number of thiazole rings is 1. The minimum atomic E-state index is -0.0911. The molecule has 142 valence electrons. The van der Waals surface area contributed by atoms with E-state index in [1.807, 2.05) is 12.1 Å². The smallest absolute Gasteiger partial charge is 0.230 e. The molecule has 0 aromatic carbocycles. The van der Waals surface area contributed by atoms with Crippen LogP contribution in [0.1, 0.15) is 38.0 Å². The summed E-state index contributed by atoms with van der Waals surface area (Å²) < 4.78 is 6.80. The quantitative estimate of drug-likeness (QED) is 0.582. The summed E-state index contributed by atoms with van der Waals surface area (Å²) in [7, 11) is 0. The molecular formula is C19H22N4O2S2. The standard InChI is InChI=1S/C19H22N4O2S2/c1-19(2,3)9-14-10-21-16(25-14)12-26-17-11-22-18(27-17)23-15(24)8-13-4-6-20-7-5-13/h4-7,10-11H,8-9,12H2,1-3H3,(H,22,23,24). The Balaban J connectivity index is 1.49. The molecule has 27 heavy (non-hydrogen) atoms. The van der Waals surface area contributed by atoms with Crippen LogP contribution < -0.4 is 5.32 Å². The minimum Gasteiger partial charge on any atom is -0.445 e. The van der Waals surface area contributed by atoms with Crippen LogP contribution >= 0.6 is 23.1 Å². The van der Waals surface area contributed by atoms with Crippen LogP contribution in [-0.2, 0) is 23.4 Å². The molecule has 1 amide bonds. The lowest BCUT2D eigenvalue weighted by atomic mass is 9.91. The first-order valence-corrected chi connectivity index (χ1v) is 10.4. The lowest BCUT2D eigenvalue weighted by molar-refractivity contribution is -0.115. The maximum atomic E-state index is 12.1. The topological polar surface area (TPSA) is 80.9 Å². The van der Waals surface area contributed by atoms with E-state index in [4.69, 9.17) is 4.42 Å². The summed E-state index contributed by atoms with van der Waals surface area (Å²) in [6, 6.07) is 3.65. The second-order valence-electron chi connectivity index (χ2n) is 7.31. The van der Waals surface area contributed by atoms with Gasteiger partial charge in [-0.3, -0.25) is 9.78 Å². The summed E-state index contributed by atoms with van der Waals surface area (Å²) in [6.45, 7) is 6.52. The Labute approximate surface area is 166 Å². The highest BCUT2D eigenvalue weighted by Crippen LogP contribution is 2.31. The number of carbonyl (C=O) groups excluding carboxylic acids is 1. The van der Waals surface area contributed by atoms with Gasteiger partial charge in [0.1, 0.15) is 5.76 Å². The molecule has 6 nitrogen and oxygen atoms in total. The van der Waals surface area contributed by atoms with Crippen molar-refractivity contribution in [2.24, 2.45) is 5.41 Å². The fraction of sp³-hybridized carbons (Fsp3) is 0.368. The monoisotopic (exact) mass is 402 g/mol. The van der Waals surface area contributed by atoms with Crippen LogP contribution in [0.25, 0.3) is 0 Å². The summed E-state index contributed by atoms with van der Waals surface area (Å²) in [6.07, 6.45) is 8.08. The van der Waals surface area contributed by atoms with E-state index in [1.165, 1.54) is 11.3 Å². The molecule has 3 heterocycles. The van der Waals surface area contributed by atoms with E-state index in [9.17, 15) is 4.79 Å². The lowest BCUT2D eigenvalue weighted by Crippen LogP contribution is -2.14. The first-order chi connectivity index (χ1) is 12.9. The molecule has 3 aromatic rings. The van der Waals surface area contributed by atoms with Gasteiger partial charge in [-0.1, -0.05) is 32.1 Å². The van der Waals surface area contributed by atoms with E-state index in [1.54, 1.807) is 36.5 Å². The van der Waals surface area contributed by atoms with Crippen molar-refractivity contribution in [3.05, 3.63) is 54.1 Å². The number of nitrogens with one attached hydrogen (secondary N) is 1. The van der Waals surface area contributed by atoms with E-state index in [0.29, 0.717) is 23.2 Å². The Morgan fingerprint density at radius 3 is 2.74 bits per heavy atom. The third-order valence-electron chi connectivity index (χ3n) is 3.49. The molecule has 0 aliphatic rings. The number of pyridine rings is 1. The number of rotatable bonds is 7. The molecule has 0 bridgehead atoms. The number of thioether (sulfide) groups is 1. The van der Waals surface area contributed by atoms with Crippen molar-refractivity contribution >= 4 is 34.1 Å². The van der Waals surface area contributed by atoms with Gasteiger partial charge in [0.25, 0.3) is 0 Å². The van der Waals surface area contributed by atoms with Gasteiger partial charge in [-0.15, -0.1) is 11.8 Å². The fourth-order valence-electron chi connectivity index (χ4n) is 2.39. The van der Waals surface area contributed by atoms with Gasteiger partial charge < -0.3 is 9.73 Å². The van der Waals surface area contributed by atoms with Crippen LogP contribution in [-0.4, -0.2) is 20.9 Å². The number of anilines is 1. The Hall–Kier alpha value is -2.19.